The lowest BCUT2D eigenvalue weighted by Crippen LogP contribution is -3.00. The monoisotopic (exact) mass is 368 g/mol. The van der Waals surface area contributed by atoms with Crippen LogP contribution in [0.15, 0.2) is 48.5 Å². The molecule has 0 radical (unpaired) electrons. The highest BCUT2D eigenvalue weighted by atomic mass is 127. The predicted octanol–water partition coefficient (Wildman–Crippen LogP) is 1.10. The minimum absolute atomic E-state index is 0. The SMILES string of the molecule is F[B-](F)(F)F.[IH2+].c1ccc2c(c1)-c1ccccc1-2. The molecule has 0 fully saturated rings. The molecule has 2 aromatic carbocycles. The standard InChI is InChI=1S/C12H8.BF4.H2I/c1-2-6-10-9(5-1)11-7-3-4-8-12(10)11;2-1(3,4)5;/h1-8H;;1H2/q;-1;+1. The summed E-state index contributed by atoms with van der Waals surface area (Å²) in [6.45, 7) is 0. The fourth-order valence-corrected chi connectivity index (χ4v) is 1.84. The van der Waals surface area contributed by atoms with Gasteiger partial charge in [0.15, 0.2) is 0 Å². The van der Waals surface area contributed by atoms with Gasteiger partial charge < -0.3 is 17.3 Å². The highest BCUT2D eigenvalue weighted by molar-refractivity contribution is 6.50. The highest BCUT2D eigenvalue weighted by Gasteiger charge is 2.20. The normalized spacial score (nSPS) is 10.9. The second-order valence-corrected chi connectivity index (χ2v) is 3.59. The quantitative estimate of drug-likeness (QED) is 0.317. The first-order valence-electron chi connectivity index (χ1n) is 5.03. The zero-order valence-corrected chi connectivity index (χ0v) is 11.7. The van der Waals surface area contributed by atoms with Gasteiger partial charge in [0, 0.05) is 0 Å². The van der Waals surface area contributed by atoms with Crippen molar-refractivity contribution in [2.75, 3.05) is 0 Å². The van der Waals surface area contributed by atoms with Gasteiger partial charge in [0.1, 0.15) is 0 Å². The van der Waals surface area contributed by atoms with Crippen molar-refractivity contribution in [3.63, 3.8) is 0 Å². The van der Waals surface area contributed by atoms with Crippen LogP contribution in [0.2, 0.25) is 0 Å². The number of rotatable bonds is 0. The minimum Gasteiger partial charge on any atom is -0.418 e. The van der Waals surface area contributed by atoms with Gasteiger partial charge in [-0.1, -0.05) is 48.5 Å². The molecule has 0 nitrogen and oxygen atoms in total. The molecule has 3 rings (SSSR count). The second-order valence-electron chi connectivity index (χ2n) is 3.59. The molecule has 0 aliphatic heterocycles. The Morgan fingerprint density at radius 1 is 0.556 bits per heavy atom. The summed E-state index contributed by atoms with van der Waals surface area (Å²) < 4.78 is 39.0. The van der Waals surface area contributed by atoms with E-state index in [4.69, 9.17) is 0 Å². The van der Waals surface area contributed by atoms with E-state index in [0.29, 0.717) is 0 Å². The molecule has 0 unspecified atom stereocenters. The Morgan fingerprint density at radius 2 is 0.722 bits per heavy atom. The molecule has 0 heterocycles. The third-order valence-corrected chi connectivity index (χ3v) is 2.43. The third kappa shape index (κ3) is 3.47. The van der Waals surface area contributed by atoms with Crippen molar-refractivity contribution in [3.8, 4) is 22.3 Å². The van der Waals surface area contributed by atoms with Crippen molar-refractivity contribution in [2.24, 2.45) is 0 Å². The van der Waals surface area contributed by atoms with Crippen LogP contribution in [-0.2, 0) is 0 Å². The molecule has 0 N–H and O–H groups in total. The van der Waals surface area contributed by atoms with E-state index >= 15 is 0 Å². The van der Waals surface area contributed by atoms with Crippen LogP contribution in [0, 0.1) is 0 Å². The van der Waals surface area contributed by atoms with Gasteiger partial charge in [-0.25, -0.2) is 0 Å². The van der Waals surface area contributed by atoms with Gasteiger partial charge in [0.2, 0.25) is 24.0 Å². The van der Waals surface area contributed by atoms with E-state index in [-0.39, 0.29) is 24.0 Å². The number of benzene rings is 2. The molecule has 0 spiro atoms. The topological polar surface area (TPSA) is 0 Å². The molecule has 1 aliphatic carbocycles. The van der Waals surface area contributed by atoms with Gasteiger partial charge in [-0.3, -0.25) is 0 Å². The summed E-state index contributed by atoms with van der Waals surface area (Å²) in [5, 5.41) is 0. The Hall–Kier alpha value is -1.05. The summed E-state index contributed by atoms with van der Waals surface area (Å²) >= 11 is 0. The van der Waals surface area contributed by atoms with Crippen molar-refractivity contribution >= 4 is 7.25 Å². The molecule has 6 heteroatoms. The van der Waals surface area contributed by atoms with Crippen LogP contribution in [0.25, 0.3) is 22.3 Å². The summed E-state index contributed by atoms with van der Waals surface area (Å²) in [7, 11) is -6.00. The number of fused-ring (bicyclic) bond motifs is 4. The minimum atomic E-state index is -6.00. The van der Waals surface area contributed by atoms with Crippen LogP contribution in [0.5, 0.6) is 0 Å². The average molecular weight is 368 g/mol. The van der Waals surface area contributed by atoms with Crippen molar-refractivity contribution in [3.05, 3.63) is 48.5 Å². The van der Waals surface area contributed by atoms with E-state index in [2.05, 4.69) is 48.5 Å². The number of hydrogen-bond donors (Lipinski definition) is 0. The zero-order chi connectivity index (χ0) is 12.5. The maximum atomic E-state index is 9.75. The Balaban J connectivity index is 0.000000238. The van der Waals surface area contributed by atoms with Crippen molar-refractivity contribution in [2.45, 2.75) is 0 Å². The Bertz CT molecular complexity index is 434. The summed E-state index contributed by atoms with van der Waals surface area (Å²) in [5.41, 5.74) is 5.59. The van der Waals surface area contributed by atoms with Crippen LogP contribution in [0.4, 0.5) is 17.3 Å². The largest absolute Gasteiger partial charge is 0.673 e. The summed E-state index contributed by atoms with van der Waals surface area (Å²) in [4.78, 5) is 0. The second kappa shape index (κ2) is 5.73. The maximum absolute atomic E-state index is 9.75. The molecule has 96 valence electrons. The van der Waals surface area contributed by atoms with Gasteiger partial charge in [-0.2, -0.15) is 0 Å². The van der Waals surface area contributed by atoms with Gasteiger partial charge in [-0.05, 0) is 22.3 Å². The van der Waals surface area contributed by atoms with Crippen LogP contribution >= 0.6 is 0 Å². The molecule has 0 atom stereocenters. The van der Waals surface area contributed by atoms with E-state index < -0.39 is 7.25 Å². The molecule has 2 aromatic rings. The van der Waals surface area contributed by atoms with Crippen molar-refractivity contribution in [1.82, 2.24) is 0 Å². The van der Waals surface area contributed by atoms with Gasteiger partial charge in [-0.15, -0.1) is 0 Å². The smallest absolute Gasteiger partial charge is 0.418 e. The maximum Gasteiger partial charge on any atom is 0.673 e. The van der Waals surface area contributed by atoms with Crippen molar-refractivity contribution < 1.29 is 41.2 Å². The Kier molecular flexibility index (Phi) is 4.78. The van der Waals surface area contributed by atoms with Crippen molar-refractivity contribution in [1.29, 1.82) is 0 Å². The molecular weight excluding hydrogens is 358 g/mol. The van der Waals surface area contributed by atoms with E-state index in [1.165, 1.54) is 22.3 Å². The Morgan fingerprint density at radius 3 is 0.889 bits per heavy atom. The third-order valence-electron chi connectivity index (χ3n) is 2.43. The highest BCUT2D eigenvalue weighted by Crippen LogP contribution is 2.46. The van der Waals surface area contributed by atoms with Crippen LogP contribution in [-0.4, -0.2) is 7.25 Å². The zero-order valence-electron chi connectivity index (χ0n) is 9.16. The molecule has 0 amide bonds. The number of halogens is 5. The van der Waals surface area contributed by atoms with E-state index in [1.807, 2.05) is 0 Å². The first-order valence-corrected chi connectivity index (χ1v) is 5.03. The lowest BCUT2D eigenvalue weighted by atomic mass is 9.81. The van der Waals surface area contributed by atoms with Crippen LogP contribution < -0.4 is 24.0 Å². The molecule has 1 aliphatic rings. The van der Waals surface area contributed by atoms with E-state index in [0.717, 1.165) is 0 Å². The van der Waals surface area contributed by atoms with E-state index in [9.17, 15) is 17.3 Å². The number of hydrogen-bond acceptors (Lipinski definition) is 0. The van der Waals surface area contributed by atoms with Gasteiger partial charge in [0.05, 0.1) is 0 Å². The van der Waals surface area contributed by atoms with Crippen LogP contribution in [0.1, 0.15) is 0 Å². The van der Waals surface area contributed by atoms with E-state index in [1.54, 1.807) is 0 Å². The molecule has 0 aromatic heterocycles. The average Bonchev–Trinajstić information content (AvgIpc) is 2.23. The van der Waals surface area contributed by atoms with Crippen LogP contribution in [0.3, 0.4) is 0 Å². The fraction of sp³-hybridized carbons (Fsp3) is 0. The summed E-state index contributed by atoms with van der Waals surface area (Å²) in [6.07, 6.45) is 0. The summed E-state index contributed by atoms with van der Waals surface area (Å²) in [5.74, 6) is 0. The fourth-order valence-electron chi connectivity index (χ4n) is 1.84. The predicted molar refractivity (Wildman–Crippen MR) is 63.8 cm³/mol. The van der Waals surface area contributed by atoms with Gasteiger partial charge >= 0.3 is 7.25 Å². The lowest BCUT2D eigenvalue weighted by molar-refractivity contribution is -0.00000893. The molecular formula is C12H10BF4I. The molecule has 0 bridgehead atoms. The first kappa shape index (κ1) is 15.0. The van der Waals surface area contributed by atoms with Gasteiger partial charge in [0.25, 0.3) is 0 Å². The molecule has 0 saturated carbocycles. The lowest BCUT2D eigenvalue weighted by Gasteiger charge is -2.22. The molecule has 18 heavy (non-hydrogen) atoms. The Labute approximate surface area is 119 Å². The summed E-state index contributed by atoms with van der Waals surface area (Å²) in [6, 6.07) is 17.1. The molecule has 0 saturated heterocycles. The first-order chi connectivity index (χ1) is 7.97.